The average molecular weight is 257 g/mol. The van der Waals surface area contributed by atoms with Gasteiger partial charge in [0.25, 0.3) is 0 Å². The van der Waals surface area contributed by atoms with Gasteiger partial charge in [0.2, 0.25) is 0 Å². The van der Waals surface area contributed by atoms with Gasteiger partial charge in [-0.3, -0.25) is 4.98 Å². The number of hydrogen-bond acceptors (Lipinski definition) is 3. The van der Waals surface area contributed by atoms with Gasteiger partial charge in [0.1, 0.15) is 5.82 Å². The summed E-state index contributed by atoms with van der Waals surface area (Å²) in [4.78, 5) is 6.37. The van der Waals surface area contributed by atoms with Crippen LogP contribution in [-0.4, -0.2) is 11.5 Å². The number of pyridine rings is 1. The van der Waals surface area contributed by atoms with Gasteiger partial charge in [0.15, 0.2) is 0 Å². The van der Waals surface area contributed by atoms with E-state index >= 15 is 0 Å². The molecule has 0 spiro atoms. The largest absolute Gasteiger partial charge is 0.399 e. The Labute approximate surface area is 111 Å². The number of nitrogens with two attached hydrogens (primary N) is 1. The Bertz CT molecular complexity index is 551. The topological polar surface area (TPSA) is 42.1 Å². The van der Waals surface area contributed by atoms with E-state index in [4.69, 9.17) is 5.73 Å². The molecular formula is C15H16FN3. The molecule has 1 unspecified atom stereocenters. The number of aromatic nitrogens is 1. The molecule has 4 heteroatoms. The standard InChI is InChI=1S/C15H16FN3/c16-12-7-13(17)9-14(8-12)19-6-2-4-15(19)11-3-1-5-18-10-11/h1,3,5,7-10,15H,2,4,6,17H2. The van der Waals surface area contributed by atoms with Crippen LogP contribution in [0.4, 0.5) is 15.8 Å². The Kier molecular flexibility index (Phi) is 3.07. The second-order valence-corrected chi connectivity index (χ2v) is 4.88. The Morgan fingerprint density at radius 2 is 2.21 bits per heavy atom. The molecule has 1 aromatic carbocycles. The maximum Gasteiger partial charge on any atom is 0.127 e. The summed E-state index contributed by atoms with van der Waals surface area (Å²) < 4.78 is 13.5. The van der Waals surface area contributed by atoms with Crippen molar-refractivity contribution in [1.82, 2.24) is 4.98 Å². The fraction of sp³-hybridized carbons (Fsp3) is 0.267. The summed E-state index contributed by atoms with van der Waals surface area (Å²) in [6.07, 6.45) is 5.80. The van der Waals surface area contributed by atoms with Gasteiger partial charge in [-0.2, -0.15) is 0 Å². The Balaban J connectivity index is 1.95. The zero-order valence-electron chi connectivity index (χ0n) is 10.6. The second kappa shape index (κ2) is 4.88. The predicted octanol–water partition coefficient (Wildman–Crippen LogP) is 3.14. The summed E-state index contributed by atoms with van der Waals surface area (Å²) in [6, 6.07) is 8.99. The van der Waals surface area contributed by atoms with Crippen LogP contribution < -0.4 is 10.6 Å². The van der Waals surface area contributed by atoms with E-state index in [9.17, 15) is 4.39 Å². The first-order valence-electron chi connectivity index (χ1n) is 6.47. The molecule has 1 saturated heterocycles. The number of rotatable bonds is 2. The van der Waals surface area contributed by atoms with E-state index in [0.29, 0.717) is 5.69 Å². The van der Waals surface area contributed by atoms with Crippen LogP contribution in [0.15, 0.2) is 42.7 Å². The summed E-state index contributed by atoms with van der Waals surface area (Å²) in [5, 5.41) is 0. The first kappa shape index (κ1) is 12.0. The van der Waals surface area contributed by atoms with Gasteiger partial charge in [0, 0.05) is 30.3 Å². The Morgan fingerprint density at radius 3 is 2.95 bits per heavy atom. The van der Waals surface area contributed by atoms with Crippen LogP contribution in [0.3, 0.4) is 0 Å². The third-order valence-electron chi connectivity index (χ3n) is 3.56. The van der Waals surface area contributed by atoms with Crippen molar-refractivity contribution in [1.29, 1.82) is 0 Å². The van der Waals surface area contributed by atoms with Crippen molar-refractivity contribution in [2.75, 3.05) is 17.2 Å². The SMILES string of the molecule is Nc1cc(F)cc(N2CCCC2c2cccnc2)c1. The molecule has 2 aromatic rings. The maximum atomic E-state index is 13.5. The molecule has 2 heterocycles. The average Bonchev–Trinajstić information content (AvgIpc) is 2.88. The highest BCUT2D eigenvalue weighted by atomic mass is 19.1. The van der Waals surface area contributed by atoms with Crippen LogP contribution in [0.5, 0.6) is 0 Å². The van der Waals surface area contributed by atoms with Gasteiger partial charge in [0.05, 0.1) is 6.04 Å². The lowest BCUT2D eigenvalue weighted by Crippen LogP contribution is -2.22. The molecule has 1 atom stereocenters. The fourth-order valence-corrected chi connectivity index (χ4v) is 2.76. The van der Waals surface area contributed by atoms with Gasteiger partial charge in [-0.15, -0.1) is 0 Å². The highest BCUT2D eigenvalue weighted by Crippen LogP contribution is 2.36. The minimum atomic E-state index is -0.285. The molecule has 1 fully saturated rings. The lowest BCUT2D eigenvalue weighted by atomic mass is 10.1. The normalized spacial score (nSPS) is 18.8. The van der Waals surface area contributed by atoms with Crippen molar-refractivity contribution in [2.24, 2.45) is 0 Å². The molecule has 0 saturated carbocycles. The summed E-state index contributed by atoms with van der Waals surface area (Å²) >= 11 is 0. The van der Waals surface area contributed by atoms with Crippen LogP contribution >= 0.6 is 0 Å². The number of nitrogen functional groups attached to an aromatic ring is 1. The molecule has 0 radical (unpaired) electrons. The van der Waals surface area contributed by atoms with Gasteiger partial charge < -0.3 is 10.6 Å². The van der Waals surface area contributed by atoms with Crippen molar-refractivity contribution in [3.05, 3.63) is 54.1 Å². The molecule has 2 N–H and O–H groups in total. The van der Waals surface area contributed by atoms with Crippen LogP contribution in [0.2, 0.25) is 0 Å². The highest BCUT2D eigenvalue weighted by Gasteiger charge is 2.26. The minimum Gasteiger partial charge on any atom is -0.399 e. The predicted molar refractivity (Wildman–Crippen MR) is 74.4 cm³/mol. The lowest BCUT2D eigenvalue weighted by molar-refractivity contribution is 0.626. The van der Waals surface area contributed by atoms with E-state index in [0.717, 1.165) is 25.1 Å². The molecule has 0 aliphatic carbocycles. The zero-order valence-corrected chi connectivity index (χ0v) is 10.6. The summed E-state index contributed by atoms with van der Waals surface area (Å²) in [6.45, 7) is 0.919. The van der Waals surface area contributed by atoms with E-state index in [2.05, 4.69) is 16.0 Å². The smallest absolute Gasteiger partial charge is 0.127 e. The van der Waals surface area contributed by atoms with E-state index in [-0.39, 0.29) is 11.9 Å². The minimum absolute atomic E-state index is 0.259. The number of benzene rings is 1. The van der Waals surface area contributed by atoms with Gasteiger partial charge >= 0.3 is 0 Å². The highest BCUT2D eigenvalue weighted by molar-refractivity contribution is 5.58. The van der Waals surface area contributed by atoms with Crippen LogP contribution in [-0.2, 0) is 0 Å². The van der Waals surface area contributed by atoms with Crippen molar-refractivity contribution >= 4 is 11.4 Å². The molecule has 0 bridgehead atoms. The molecule has 3 nitrogen and oxygen atoms in total. The monoisotopic (exact) mass is 257 g/mol. The molecule has 1 aliphatic rings. The number of halogens is 1. The van der Waals surface area contributed by atoms with Crippen molar-refractivity contribution in [3.8, 4) is 0 Å². The number of hydrogen-bond donors (Lipinski definition) is 1. The fourth-order valence-electron chi connectivity index (χ4n) is 2.76. The molecular weight excluding hydrogens is 241 g/mol. The molecule has 3 rings (SSSR count). The van der Waals surface area contributed by atoms with Gasteiger partial charge in [-0.1, -0.05) is 6.07 Å². The van der Waals surface area contributed by atoms with Gasteiger partial charge in [-0.25, -0.2) is 4.39 Å². The second-order valence-electron chi connectivity index (χ2n) is 4.88. The molecule has 19 heavy (non-hydrogen) atoms. The molecule has 0 amide bonds. The van der Waals surface area contributed by atoms with E-state index in [1.807, 2.05) is 18.3 Å². The zero-order chi connectivity index (χ0) is 13.2. The number of nitrogens with zero attached hydrogens (tertiary/aromatic N) is 2. The van der Waals surface area contributed by atoms with Crippen LogP contribution in [0, 0.1) is 5.82 Å². The molecule has 1 aromatic heterocycles. The van der Waals surface area contributed by atoms with Crippen LogP contribution in [0.25, 0.3) is 0 Å². The van der Waals surface area contributed by atoms with Crippen molar-refractivity contribution in [2.45, 2.75) is 18.9 Å². The lowest BCUT2D eigenvalue weighted by Gasteiger charge is -2.27. The third kappa shape index (κ3) is 2.38. The van der Waals surface area contributed by atoms with E-state index in [1.54, 1.807) is 12.3 Å². The maximum absolute atomic E-state index is 13.5. The molecule has 98 valence electrons. The first-order chi connectivity index (χ1) is 9.24. The summed E-state index contributed by atoms with van der Waals surface area (Å²) in [5.41, 5.74) is 8.22. The number of anilines is 2. The van der Waals surface area contributed by atoms with Crippen LogP contribution in [0.1, 0.15) is 24.4 Å². The third-order valence-corrected chi connectivity index (χ3v) is 3.56. The molecule has 1 aliphatic heterocycles. The van der Waals surface area contributed by atoms with Crippen molar-refractivity contribution in [3.63, 3.8) is 0 Å². The van der Waals surface area contributed by atoms with Crippen molar-refractivity contribution < 1.29 is 4.39 Å². The Hall–Kier alpha value is -2.10. The quantitative estimate of drug-likeness (QED) is 0.840. The Morgan fingerprint density at radius 1 is 1.32 bits per heavy atom. The van der Waals surface area contributed by atoms with Gasteiger partial charge in [-0.05, 0) is 42.7 Å². The van der Waals surface area contributed by atoms with E-state index in [1.165, 1.54) is 11.6 Å². The first-order valence-corrected chi connectivity index (χ1v) is 6.47. The summed E-state index contributed by atoms with van der Waals surface area (Å²) in [7, 11) is 0. The summed E-state index contributed by atoms with van der Waals surface area (Å²) in [5.74, 6) is -0.285. The van der Waals surface area contributed by atoms with E-state index < -0.39 is 0 Å².